The molecule has 0 bridgehead atoms. The van der Waals surface area contributed by atoms with E-state index in [0.717, 1.165) is 4.41 Å². The van der Waals surface area contributed by atoms with Crippen LogP contribution in [0, 0.1) is 0 Å². The van der Waals surface area contributed by atoms with Crippen LogP contribution in [0.4, 0.5) is 5.69 Å². The van der Waals surface area contributed by atoms with Gasteiger partial charge in [-0.2, -0.15) is 17.9 Å². The molecule has 0 aromatic heterocycles. The van der Waals surface area contributed by atoms with Gasteiger partial charge in [-0.15, -0.1) is 0 Å². The van der Waals surface area contributed by atoms with Crippen molar-refractivity contribution in [1.82, 2.24) is 4.41 Å². The molecule has 1 aliphatic heterocycles. The van der Waals surface area contributed by atoms with Crippen molar-refractivity contribution in [3.05, 3.63) is 83.9 Å². The lowest BCUT2D eigenvalue weighted by molar-refractivity contribution is 0.368. The summed E-state index contributed by atoms with van der Waals surface area (Å²) in [6, 6.07) is 19.4. The van der Waals surface area contributed by atoms with E-state index in [9.17, 15) is 16.8 Å². The van der Waals surface area contributed by atoms with Crippen molar-refractivity contribution in [2.75, 3.05) is 24.7 Å². The number of nitrogens with zero attached hydrogens (tertiary/aromatic N) is 2. The van der Waals surface area contributed by atoms with E-state index in [1.807, 2.05) is 6.07 Å². The molecule has 9 nitrogen and oxygen atoms in total. The number of methoxy groups -OCH3 is 2. The summed E-state index contributed by atoms with van der Waals surface area (Å²) in [5, 5.41) is 4.53. The lowest BCUT2D eigenvalue weighted by atomic mass is 9.99. The number of anilines is 1. The molecule has 3 aromatic rings. The first-order valence-electron chi connectivity index (χ1n) is 11.2. The summed E-state index contributed by atoms with van der Waals surface area (Å²) in [5.74, 6) is 1.07. The molecule has 0 spiro atoms. The fourth-order valence-corrected chi connectivity index (χ4v) is 5.92. The Kier molecular flexibility index (Phi) is 7.23. The zero-order chi connectivity index (χ0) is 25.9. The van der Waals surface area contributed by atoms with E-state index in [1.165, 1.54) is 19.2 Å². The summed E-state index contributed by atoms with van der Waals surface area (Å²) in [5.41, 5.74) is 2.23. The van der Waals surface area contributed by atoms with Gasteiger partial charge in [0.25, 0.3) is 10.0 Å². The third kappa shape index (κ3) is 5.31. The summed E-state index contributed by atoms with van der Waals surface area (Å²) in [4.78, 5) is 0.0747. The Morgan fingerprint density at radius 1 is 0.917 bits per heavy atom. The van der Waals surface area contributed by atoms with Gasteiger partial charge in [0.2, 0.25) is 10.0 Å². The molecule has 3 aromatic carbocycles. The SMILES string of the molecule is CCS(=O)(=O)Nc1cccc(C2=NN(S(=O)(=O)c3ccc(OC)cc3)C(c3cccc(OC)c3)C2)c1. The second kappa shape index (κ2) is 10.2. The van der Waals surface area contributed by atoms with Crippen molar-refractivity contribution < 1.29 is 26.3 Å². The van der Waals surface area contributed by atoms with Gasteiger partial charge >= 0.3 is 0 Å². The van der Waals surface area contributed by atoms with Crippen molar-refractivity contribution >= 4 is 31.4 Å². The predicted molar refractivity (Wildman–Crippen MR) is 138 cm³/mol. The van der Waals surface area contributed by atoms with E-state index in [2.05, 4.69) is 9.82 Å². The molecule has 1 atom stereocenters. The van der Waals surface area contributed by atoms with Crippen LogP contribution in [0.2, 0.25) is 0 Å². The van der Waals surface area contributed by atoms with Crippen LogP contribution in [-0.2, 0) is 20.0 Å². The lowest BCUT2D eigenvalue weighted by Crippen LogP contribution is -2.27. The van der Waals surface area contributed by atoms with Crippen molar-refractivity contribution in [3.63, 3.8) is 0 Å². The molecule has 0 saturated heterocycles. The molecule has 1 N–H and O–H groups in total. The predicted octanol–water partition coefficient (Wildman–Crippen LogP) is 4.01. The van der Waals surface area contributed by atoms with Gasteiger partial charge in [0.1, 0.15) is 11.5 Å². The van der Waals surface area contributed by atoms with Gasteiger partial charge in [-0.05, 0) is 66.6 Å². The van der Waals surface area contributed by atoms with E-state index < -0.39 is 26.1 Å². The van der Waals surface area contributed by atoms with Crippen LogP contribution < -0.4 is 14.2 Å². The Morgan fingerprint density at radius 3 is 2.28 bits per heavy atom. The van der Waals surface area contributed by atoms with Crippen molar-refractivity contribution in [2.24, 2.45) is 5.10 Å². The summed E-state index contributed by atoms with van der Waals surface area (Å²) < 4.78 is 65.6. The smallest absolute Gasteiger partial charge is 0.279 e. The van der Waals surface area contributed by atoms with E-state index in [0.29, 0.717) is 34.0 Å². The summed E-state index contributed by atoms with van der Waals surface area (Å²) in [7, 11) is -4.44. The summed E-state index contributed by atoms with van der Waals surface area (Å²) in [6.45, 7) is 1.55. The molecule has 0 fully saturated rings. The van der Waals surface area contributed by atoms with Crippen molar-refractivity contribution in [3.8, 4) is 11.5 Å². The Bertz CT molecular complexity index is 1490. The molecule has 1 unspecified atom stereocenters. The normalized spacial score (nSPS) is 15.9. The van der Waals surface area contributed by atoms with Crippen LogP contribution in [0.3, 0.4) is 0 Å². The highest BCUT2D eigenvalue weighted by Gasteiger charge is 2.38. The zero-order valence-corrected chi connectivity index (χ0v) is 21.7. The van der Waals surface area contributed by atoms with E-state index >= 15 is 0 Å². The lowest BCUT2D eigenvalue weighted by Gasteiger charge is -2.23. The minimum absolute atomic E-state index is 0.0655. The van der Waals surface area contributed by atoms with Gasteiger partial charge in [0, 0.05) is 12.1 Å². The highest BCUT2D eigenvalue weighted by Crippen LogP contribution is 2.38. The van der Waals surface area contributed by atoms with Crippen molar-refractivity contribution in [2.45, 2.75) is 24.3 Å². The molecule has 36 heavy (non-hydrogen) atoms. The van der Waals surface area contributed by atoms with Crippen LogP contribution in [0.15, 0.2) is 82.8 Å². The van der Waals surface area contributed by atoms with Crippen LogP contribution >= 0.6 is 0 Å². The van der Waals surface area contributed by atoms with Gasteiger partial charge in [0.05, 0.1) is 36.6 Å². The molecular formula is C25H27N3O6S2. The molecule has 4 rings (SSSR count). The van der Waals surface area contributed by atoms with Gasteiger partial charge in [-0.25, -0.2) is 8.42 Å². The monoisotopic (exact) mass is 529 g/mol. The molecule has 1 heterocycles. The van der Waals surface area contributed by atoms with Crippen LogP contribution in [0.1, 0.15) is 30.5 Å². The maximum atomic E-state index is 13.7. The van der Waals surface area contributed by atoms with Crippen LogP contribution in [0.25, 0.3) is 0 Å². The standard InChI is InChI=1S/C25H27N3O6S2/c1-4-35(29,30)27-20-9-5-7-18(15-20)24-17-25(19-8-6-10-22(16-19)34-3)28(26-24)36(31,32)23-13-11-21(33-2)12-14-23/h5-16,25,27H,4,17H2,1-3H3. The third-order valence-corrected chi connectivity index (χ3v) is 8.81. The Morgan fingerprint density at radius 2 is 1.61 bits per heavy atom. The number of nitrogens with one attached hydrogen (secondary N) is 1. The Balaban J connectivity index is 1.77. The first-order valence-corrected chi connectivity index (χ1v) is 14.3. The number of hydrazone groups is 1. The van der Waals surface area contributed by atoms with Gasteiger partial charge in [-0.1, -0.05) is 24.3 Å². The van der Waals surface area contributed by atoms with Gasteiger partial charge in [-0.3, -0.25) is 4.72 Å². The third-order valence-electron chi connectivity index (χ3n) is 5.80. The molecular weight excluding hydrogens is 502 g/mol. The molecule has 1 aliphatic rings. The molecule has 190 valence electrons. The summed E-state index contributed by atoms with van der Waals surface area (Å²) in [6.07, 6.45) is 0.284. The second-order valence-corrected chi connectivity index (χ2v) is 11.9. The molecule has 0 amide bonds. The maximum absolute atomic E-state index is 13.7. The molecule has 0 saturated carbocycles. The zero-order valence-electron chi connectivity index (χ0n) is 20.1. The minimum Gasteiger partial charge on any atom is -0.497 e. The molecule has 0 aliphatic carbocycles. The first-order chi connectivity index (χ1) is 17.2. The van der Waals surface area contributed by atoms with E-state index in [1.54, 1.807) is 68.6 Å². The largest absolute Gasteiger partial charge is 0.497 e. The topological polar surface area (TPSA) is 114 Å². The number of ether oxygens (including phenoxy) is 2. The number of rotatable bonds is 9. The fourth-order valence-electron chi connectivity index (χ4n) is 3.85. The number of hydrogen-bond acceptors (Lipinski definition) is 7. The van der Waals surface area contributed by atoms with E-state index in [-0.39, 0.29) is 17.1 Å². The van der Waals surface area contributed by atoms with Gasteiger partial charge < -0.3 is 9.47 Å². The fraction of sp³-hybridized carbons (Fsp3) is 0.240. The second-order valence-electron chi connectivity index (χ2n) is 8.08. The van der Waals surface area contributed by atoms with Crippen molar-refractivity contribution in [1.29, 1.82) is 0 Å². The number of benzene rings is 3. The quantitative estimate of drug-likeness (QED) is 0.448. The Hall–Kier alpha value is -3.57. The summed E-state index contributed by atoms with van der Waals surface area (Å²) >= 11 is 0. The maximum Gasteiger partial charge on any atom is 0.279 e. The van der Waals surface area contributed by atoms with Crippen LogP contribution in [-0.4, -0.2) is 46.9 Å². The minimum atomic E-state index is -4.03. The number of hydrogen-bond donors (Lipinski definition) is 1. The average molecular weight is 530 g/mol. The van der Waals surface area contributed by atoms with Crippen LogP contribution in [0.5, 0.6) is 11.5 Å². The Labute approximate surface area is 211 Å². The molecule has 11 heteroatoms. The highest BCUT2D eigenvalue weighted by atomic mass is 32.2. The number of sulfonamides is 2. The van der Waals surface area contributed by atoms with Gasteiger partial charge in [0.15, 0.2) is 0 Å². The first kappa shape index (κ1) is 25.5. The van der Waals surface area contributed by atoms with E-state index in [4.69, 9.17) is 9.47 Å². The average Bonchev–Trinajstić information content (AvgIpc) is 3.35. The molecule has 0 radical (unpaired) electrons. The highest BCUT2D eigenvalue weighted by molar-refractivity contribution is 7.92.